The number of hydrogen-bond acceptors (Lipinski definition) is 8. The highest BCUT2D eigenvalue weighted by molar-refractivity contribution is 6.31. The molecule has 0 aliphatic heterocycles. The molecule has 0 saturated carbocycles. The Kier molecular flexibility index (Phi) is 7.30. The van der Waals surface area contributed by atoms with Crippen LogP contribution in [0.25, 0.3) is 10.9 Å². The molecule has 1 atom stereocenters. The van der Waals surface area contributed by atoms with Crippen molar-refractivity contribution >= 4 is 34.1 Å². The van der Waals surface area contributed by atoms with E-state index in [0.717, 1.165) is 0 Å². The number of non-ortho nitro benzene ring substituents is 1. The van der Waals surface area contributed by atoms with Gasteiger partial charge in [0.05, 0.1) is 37.7 Å². The van der Waals surface area contributed by atoms with Crippen LogP contribution in [0.2, 0.25) is 5.02 Å². The first kappa shape index (κ1) is 25.5. The van der Waals surface area contributed by atoms with Crippen LogP contribution < -0.4 is 19.5 Å². The van der Waals surface area contributed by atoms with Gasteiger partial charge in [0.25, 0.3) is 11.6 Å². The number of hydrogen-bond donors (Lipinski definition) is 2. The van der Waals surface area contributed by atoms with Gasteiger partial charge >= 0.3 is 0 Å². The topological polar surface area (TPSA) is 133 Å². The van der Waals surface area contributed by atoms with Gasteiger partial charge in [-0.25, -0.2) is 0 Å². The third-order valence-electron chi connectivity index (χ3n) is 5.80. The fourth-order valence-electron chi connectivity index (χ4n) is 4.06. The Labute approximate surface area is 216 Å². The lowest BCUT2D eigenvalue weighted by Gasteiger charge is -2.23. The molecule has 0 unspecified atom stereocenters. The standard InChI is InChI=1S/C26H22ClN3O7/c1-35-20-11-14(12-21(36-2)25(20)37-3)26(32)29-22(15-7-4-5-9-18(15)27)17-13-19(30(33)34)16-8-6-10-28-23(16)24(17)31/h4-13,22,31H,1-3H3,(H,29,32)/t22-/m0/s1. The second-order valence-electron chi connectivity index (χ2n) is 7.83. The molecule has 2 N–H and O–H groups in total. The van der Waals surface area contributed by atoms with Gasteiger partial charge in [-0.2, -0.15) is 0 Å². The van der Waals surface area contributed by atoms with Gasteiger partial charge in [-0.15, -0.1) is 0 Å². The van der Waals surface area contributed by atoms with Crippen molar-refractivity contribution in [2.75, 3.05) is 21.3 Å². The lowest BCUT2D eigenvalue weighted by Crippen LogP contribution is -2.30. The largest absolute Gasteiger partial charge is 0.505 e. The number of pyridine rings is 1. The minimum Gasteiger partial charge on any atom is -0.505 e. The molecule has 3 aromatic carbocycles. The predicted molar refractivity (Wildman–Crippen MR) is 137 cm³/mol. The molecular formula is C26H22ClN3O7. The summed E-state index contributed by atoms with van der Waals surface area (Å²) in [6, 6.07) is 12.7. The molecular weight excluding hydrogens is 502 g/mol. The van der Waals surface area contributed by atoms with E-state index < -0.39 is 16.9 Å². The molecule has 1 aromatic heterocycles. The molecule has 1 amide bonds. The van der Waals surface area contributed by atoms with Crippen molar-refractivity contribution in [1.29, 1.82) is 0 Å². The summed E-state index contributed by atoms with van der Waals surface area (Å²) in [5.74, 6) is -0.0916. The quantitative estimate of drug-likeness (QED) is 0.242. The van der Waals surface area contributed by atoms with Crippen molar-refractivity contribution in [3.05, 3.63) is 92.6 Å². The number of halogens is 1. The number of ether oxygens (including phenoxy) is 3. The molecule has 0 aliphatic rings. The molecule has 0 fully saturated rings. The number of nitro groups is 1. The first-order valence-electron chi connectivity index (χ1n) is 10.9. The molecule has 0 saturated heterocycles. The number of phenolic OH excluding ortho intramolecular Hbond substituents is 1. The highest BCUT2D eigenvalue weighted by atomic mass is 35.5. The number of nitrogens with one attached hydrogen (secondary N) is 1. The summed E-state index contributed by atoms with van der Waals surface area (Å²) in [6.45, 7) is 0. The van der Waals surface area contributed by atoms with Crippen LogP contribution in [-0.4, -0.2) is 42.3 Å². The van der Waals surface area contributed by atoms with E-state index in [0.29, 0.717) is 11.3 Å². The van der Waals surface area contributed by atoms with Gasteiger partial charge in [-0.3, -0.25) is 19.9 Å². The zero-order valence-electron chi connectivity index (χ0n) is 20.0. The average molecular weight is 524 g/mol. The molecule has 4 aromatic rings. The van der Waals surface area contributed by atoms with E-state index in [-0.39, 0.29) is 50.0 Å². The summed E-state index contributed by atoms with van der Waals surface area (Å²) in [4.78, 5) is 29.0. The number of phenols is 1. The Morgan fingerprint density at radius 2 is 1.70 bits per heavy atom. The number of methoxy groups -OCH3 is 3. The number of carbonyl (C=O) groups excluding carboxylic acids is 1. The minimum atomic E-state index is -1.08. The first-order valence-corrected chi connectivity index (χ1v) is 11.3. The maximum Gasteiger partial charge on any atom is 0.279 e. The number of aromatic hydroxyl groups is 1. The predicted octanol–water partition coefficient (Wildman–Crippen LogP) is 5.05. The van der Waals surface area contributed by atoms with E-state index >= 15 is 0 Å². The number of nitrogens with zero attached hydrogens (tertiary/aromatic N) is 2. The van der Waals surface area contributed by atoms with Gasteiger partial charge in [-0.1, -0.05) is 29.8 Å². The van der Waals surface area contributed by atoms with Crippen LogP contribution in [-0.2, 0) is 0 Å². The van der Waals surface area contributed by atoms with Crippen LogP contribution in [0, 0.1) is 10.1 Å². The third kappa shape index (κ3) is 4.78. The van der Waals surface area contributed by atoms with Crippen LogP contribution in [0.15, 0.2) is 60.8 Å². The maximum atomic E-state index is 13.5. The normalized spacial score (nSPS) is 11.6. The Morgan fingerprint density at radius 3 is 2.30 bits per heavy atom. The molecule has 0 spiro atoms. The summed E-state index contributed by atoms with van der Waals surface area (Å²) in [5, 5.41) is 26.3. The van der Waals surface area contributed by atoms with Crippen molar-refractivity contribution in [1.82, 2.24) is 10.3 Å². The second kappa shape index (κ2) is 10.6. The van der Waals surface area contributed by atoms with Crippen LogP contribution in [0.5, 0.6) is 23.0 Å². The van der Waals surface area contributed by atoms with Crippen LogP contribution in [0.3, 0.4) is 0 Å². The molecule has 0 bridgehead atoms. The molecule has 4 rings (SSSR count). The van der Waals surface area contributed by atoms with Gasteiger partial charge in [0.1, 0.15) is 11.3 Å². The lowest BCUT2D eigenvalue weighted by atomic mass is 9.94. The highest BCUT2D eigenvalue weighted by Crippen LogP contribution is 2.42. The molecule has 0 radical (unpaired) electrons. The number of benzene rings is 3. The fourth-order valence-corrected chi connectivity index (χ4v) is 4.31. The molecule has 11 heteroatoms. The van der Waals surface area contributed by atoms with E-state index in [4.69, 9.17) is 25.8 Å². The first-order chi connectivity index (χ1) is 17.8. The number of nitro benzene ring substituents is 1. The summed E-state index contributed by atoms with van der Waals surface area (Å²) in [7, 11) is 4.28. The van der Waals surface area contributed by atoms with E-state index in [9.17, 15) is 20.0 Å². The van der Waals surface area contributed by atoms with Crippen LogP contribution in [0.4, 0.5) is 5.69 Å². The lowest BCUT2D eigenvalue weighted by molar-refractivity contribution is -0.383. The number of fused-ring (bicyclic) bond motifs is 1. The molecule has 10 nitrogen and oxygen atoms in total. The van der Waals surface area contributed by atoms with Crippen molar-refractivity contribution in [2.24, 2.45) is 0 Å². The van der Waals surface area contributed by atoms with E-state index in [1.807, 2.05) is 0 Å². The van der Waals surface area contributed by atoms with Crippen LogP contribution >= 0.6 is 11.6 Å². The van der Waals surface area contributed by atoms with Gasteiger partial charge in [0.2, 0.25) is 5.75 Å². The summed E-state index contributed by atoms with van der Waals surface area (Å²) < 4.78 is 16.0. The van der Waals surface area contributed by atoms with Crippen LogP contribution in [0.1, 0.15) is 27.5 Å². The van der Waals surface area contributed by atoms with E-state index in [1.165, 1.54) is 57.9 Å². The number of amides is 1. The maximum absolute atomic E-state index is 13.5. The number of rotatable bonds is 8. The van der Waals surface area contributed by atoms with Crippen molar-refractivity contribution < 1.29 is 29.0 Å². The van der Waals surface area contributed by atoms with Gasteiger partial charge in [0.15, 0.2) is 11.5 Å². The van der Waals surface area contributed by atoms with Crippen molar-refractivity contribution in [3.63, 3.8) is 0 Å². The Balaban J connectivity index is 1.90. The Hall–Kier alpha value is -4.57. The van der Waals surface area contributed by atoms with Crippen molar-refractivity contribution in [3.8, 4) is 23.0 Å². The van der Waals surface area contributed by atoms with E-state index in [1.54, 1.807) is 24.3 Å². The smallest absolute Gasteiger partial charge is 0.279 e. The molecule has 37 heavy (non-hydrogen) atoms. The summed E-state index contributed by atoms with van der Waals surface area (Å²) in [6.07, 6.45) is 1.41. The highest BCUT2D eigenvalue weighted by Gasteiger charge is 2.29. The zero-order chi connectivity index (χ0) is 26.7. The molecule has 1 heterocycles. The molecule has 0 aliphatic carbocycles. The minimum absolute atomic E-state index is 0.0192. The Morgan fingerprint density at radius 1 is 1.03 bits per heavy atom. The summed E-state index contributed by atoms with van der Waals surface area (Å²) in [5.41, 5.74) is 0.344. The summed E-state index contributed by atoms with van der Waals surface area (Å²) >= 11 is 6.47. The van der Waals surface area contributed by atoms with Crippen molar-refractivity contribution in [2.45, 2.75) is 6.04 Å². The number of aromatic nitrogens is 1. The molecule has 190 valence electrons. The Bertz CT molecular complexity index is 1480. The SMILES string of the molecule is COc1cc(C(=O)N[C@@H](c2ccccc2Cl)c2cc([N+](=O)[O-])c3cccnc3c2O)cc(OC)c1OC. The monoisotopic (exact) mass is 523 g/mol. The third-order valence-corrected chi connectivity index (χ3v) is 6.14. The fraction of sp³-hybridized carbons (Fsp3) is 0.154. The number of carbonyl (C=O) groups is 1. The van der Waals surface area contributed by atoms with Gasteiger partial charge in [-0.05, 0) is 35.9 Å². The second-order valence-corrected chi connectivity index (χ2v) is 8.24. The van der Waals surface area contributed by atoms with E-state index in [2.05, 4.69) is 10.3 Å². The van der Waals surface area contributed by atoms with Gasteiger partial charge < -0.3 is 24.6 Å². The average Bonchev–Trinajstić information content (AvgIpc) is 2.91. The van der Waals surface area contributed by atoms with Gasteiger partial charge in [0, 0.05) is 28.4 Å². The zero-order valence-corrected chi connectivity index (χ0v) is 20.8.